The Morgan fingerprint density at radius 1 is 1.19 bits per heavy atom. The molecule has 3 aromatic rings. The van der Waals surface area contributed by atoms with E-state index in [1.807, 2.05) is 57.2 Å². The molecule has 1 aliphatic carbocycles. The SMILES string of the molecule is CCC(C)(C)NC(=O)[C@@H](c1ccc(Cl)cc1)N(C(=O)Cn1nnc2ccccc21)C1CC1. The number of hydrogen-bond acceptors (Lipinski definition) is 4. The van der Waals surface area contributed by atoms with Crippen LogP contribution in [0, 0.1) is 0 Å². The zero-order chi connectivity index (χ0) is 22.9. The summed E-state index contributed by atoms with van der Waals surface area (Å²) in [6, 6.07) is 13.9. The Morgan fingerprint density at radius 3 is 2.53 bits per heavy atom. The van der Waals surface area contributed by atoms with Gasteiger partial charge in [0.1, 0.15) is 18.1 Å². The van der Waals surface area contributed by atoms with E-state index in [1.165, 1.54) is 0 Å². The minimum Gasteiger partial charge on any atom is -0.349 e. The molecule has 1 aromatic heterocycles. The standard InChI is InChI=1S/C24H28ClN5O2/c1-4-24(2,3)26-23(32)22(16-9-11-17(25)12-10-16)30(18-13-14-18)21(31)15-29-20-8-6-5-7-19(20)27-28-29/h5-12,18,22H,4,13-15H2,1-3H3,(H,26,32)/t22-/m1/s1. The molecule has 1 atom stereocenters. The average Bonchev–Trinajstić information content (AvgIpc) is 3.53. The molecule has 2 amide bonds. The van der Waals surface area contributed by atoms with Crippen molar-refractivity contribution in [3.63, 3.8) is 0 Å². The highest BCUT2D eigenvalue weighted by molar-refractivity contribution is 6.30. The molecular formula is C24H28ClN5O2. The zero-order valence-electron chi connectivity index (χ0n) is 18.6. The number of rotatable bonds is 8. The summed E-state index contributed by atoms with van der Waals surface area (Å²) in [5, 5.41) is 12.0. The minimum atomic E-state index is -0.743. The van der Waals surface area contributed by atoms with E-state index >= 15 is 0 Å². The molecule has 0 radical (unpaired) electrons. The number of amides is 2. The van der Waals surface area contributed by atoms with Crippen LogP contribution in [-0.4, -0.2) is 43.3 Å². The Balaban J connectivity index is 1.68. The molecule has 0 spiro atoms. The quantitative estimate of drug-likeness (QED) is 0.556. The lowest BCUT2D eigenvalue weighted by Gasteiger charge is -2.34. The smallest absolute Gasteiger partial charge is 0.247 e. The molecular weight excluding hydrogens is 426 g/mol. The summed E-state index contributed by atoms with van der Waals surface area (Å²) < 4.78 is 1.60. The van der Waals surface area contributed by atoms with Crippen LogP contribution in [0.4, 0.5) is 0 Å². The van der Waals surface area contributed by atoms with Gasteiger partial charge in [-0.2, -0.15) is 0 Å². The van der Waals surface area contributed by atoms with E-state index in [0.29, 0.717) is 5.02 Å². The number of nitrogens with one attached hydrogen (secondary N) is 1. The summed E-state index contributed by atoms with van der Waals surface area (Å²) in [5.74, 6) is -0.351. The van der Waals surface area contributed by atoms with Crippen molar-refractivity contribution in [3.05, 3.63) is 59.1 Å². The maximum atomic E-state index is 13.6. The molecule has 1 fully saturated rings. The van der Waals surface area contributed by atoms with Gasteiger partial charge < -0.3 is 10.2 Å². The Labute approximate surface area is 192 Å². The van der Waals surface area contributed by atoms with Crippen molar-refractivity contribution in [2.75, 3.05) is 0 Å². The monoisotopic (exact) mass is 453 g/mol. The van der Waals surface area contributed by atoms with E-state index in [0.717, 1.165) is 35.9 Å². The van der Waals surface area contributed by atoms with Gasteiger partial charge in [-0.25, -0.2) is 4.68 Å². The molecule has 7 nitrogen and oxygen atoms in total. The van der Waals surface area contributed by atoms with Gasteiger partial charge in [-0.1, -0.05) is 48.0 Å². The fraction of sp³-hybridized carbons (Fsp3) is 0.417. The average molecular weight is 454 g/mol. The first-order chi connectivity index (χ1) is 15.3. The van der Waals surface area contributed by atoms with Crippen molar-refractivity contribution in [2.24, 2.45) is 0 Å². The molecule has 4 rings (SSSR count). The van der Waals surface area contributed by atoms with Crippen LogP contribution in [0.2, 0.25) is 5.02 Å². The predicted molar refractivity (Wildman–Crippen MR) is 124 cm³/mol. The van der Waals surface area contributed by atoms with Crippen molar-refractivity contribution in [1.82, 2.24) is 25.2 Å². The summed E-state index contributed by atoms with van der Waals surface area (Å²) in [7, 11) is 0. The molecule has 32 heavy (non-hydrogen) atoms. The van der Waals surface area contributed by atoms with Gasteiger partial charge in [-0.15, -0.1) is 5.10 Å². The van der Waals surface area contributed by atoms with Gasteiger partial charge in [0, 0.05) is 16.6 Å². The molecule has 1 N–H and O–H groups in total. The number of halogens is 1. The van der Waals surface area contributed by atoms with Crippen LogP contribution in [0.15, 0.2) is 48.5 Å². The van der Waals surface area contributed by atoms with Crippen LogP contribution >= 0.6 is 11.6 Å². The third kappa shape index (κ3) is 4.78. The summed E-state index contributed by atoms with van der Waals surface area (Å²) in [6.07, 6.45) is 2.52. The maximum absolute atomic E-state index is 13.6. The molecule has 0 unspecified atom stereocenters. The van der Waals surface area contributed by atoms with Gasteiger partial charge in [0.05, 0.1) is 5.52 Å². The largest absolute Gasteiger partial charge is 0.349 e. The second-order valence-electron chi connectivity index (χ2n) is 8.95. The van der Waals surface area contributed by atoms with Gasteiger partial charge in [-0.3, -0.25) is 9.59 Å². The number of benzene rings is 2. The highest BCUT2D eigenvalue weighted by Gasteiger charge is 2.42. The highest BCUT2D eigenvalue weighted by Crippen LogP contribution is 2.36. The topological polar surface area (TPSA) is 80.1 Å². The number of nitrogens with zero attached hydrogens (tertiary/aromatic N) is 4. The van der Waals surface area contributed by atoms with E-state index in [9.17, 15) is 9.59 Å². The van der Waals surface area contributed by atoms with Gasteiger partial charge in [0.15, 0.2) is 0 Å². The third-order valence-corrected chi connectivity index (χ3v) is 6.24. The first kappa shape index (κ1) is 22.3. The number of carbonyl (C=O) groups excluding carboxylic acids is 2. The third-order valence-electron chi connectivity index (χ3n) is 5.99. The van der Waals surface area contributed by atoms with Crippen LogP contribution in [-0.2, 0) is 16.1 Å². The van der Waals surface area contributed by atoms with Crippen LogP contribution in [0.25, 0.3) is 11.0 Å². The van der Waals surface area contributed by atoms with Gasteiger partial charge in [0.2, 0.25) is 11.8 Å². The van der Waals surface area contributed by atoms with Crippen molar-refractivity contribution < 1.29 is 9.59 Å². The van der Waals surface area contributed by atoms with Crippen LogP contribution in [0.3, 0.4) is 0 Å². The fourth-order valence-electron chi connectivity index (χ4n) is 3.73. The first-order valence-electron chi connectivity index (χ1n) is 11.0. The Hall–Kier alpha value is -2.93. The lowest BCUT2D eigenvalue weighted by atomic mass is 9.98. The van der Waals surface area contributed by atoms with E-state index in [-0.39, 0.29) is 29.9 Å². The summed E-state index contributed by atoms with van der Waals surface area (Å²) >= 11 is 6.09. The maximum Gasteiger partial charge on any atom is 0.247 e. The van der Waals surface area contributed by atoms with E-state index in [4.69, 9.17) is 11.6 Å². The number of hydrogen-bond donors (Lipinski definition) is 1. The molecule has 2 aromatic carbocycles. The zero-order valence-corrected chi connectivity index (χ0v) is 19.3. The van der Waals surface area contributed by atoms with Crippen molar-refractivity contribution >= 4 is 34.4 Å². The van der Waals surface area contributed by atoms with Crippen molar-refractivity contribution in [2.45, 2.75) is 64.2 Å². The van der Waals surface area contributed by atoms with Crippen molar-refractivity contribution in [1.29, 1.82) is 0 Å². The van der Waals surface area contributed by atoms with E-state index < -0.39 is 6.04 Å². The van der Waals surface area contributed by atoms with E-state index in [2.05, 4.69) is 15.6 Å². The highest BCUT2D eigenvalue weighted by atomic mass is 35.5. The lowest BCUT2D eigenvalue weighted by molar-refractivity contribution is -0.143. The summed E-state index contributed by atoms with van der Waals surface area (Å²) in [4.78, 5) is 28.8. The lowest BCUT2D eigenvalue weighted by Crippen LogP contribution is -2.51. The van der Waals surface area contributed by atoms with Gasteiger partial charge in [0.25, 0.3) is 0 Å². The van der Waals surface area contributed by atoms with Crippen molar-refractivity contribution in [3.8, 4) is 0 Å². The van der Waals surface area contributed by atoms with Crippen LogP contribution < -0.4 is 5.32 Å². The molecule has 8 heteroatoms. The second kappa shape index (κ2) is 8.90. The molecule has 0 bridgehead atoms. The molecule has 1 heterocycles. The number of fused-ring (bicyclic) bond motifs is 1. The predicted octanol–water partition coefficient (Wildman–Crippen LogP) is 4.12. The van der Waals surface area contributed by atoms with Gasteiger partial charge >= 0.3 is 0 Å². The van der Waals surface area contributed by atoms with Crippen LogP contribution in [0.5, 0.6) is 0 Å². The van der Waals surface area contributed by atoms with Crippen LogP contribution in [0.1, 0.15) is 51.6 Å². The molecule has 0 saturated heterocycles. The second-order valence-corrected chi connectivity index (χ2v) is 9.39. The fourth-order valence-corrected chi connectivity index (χ4v) is 3.85. The first-order valence-corrected chi connectivity index (χ1v) is 11.3. The molecule has 0 aliphatic heterocycles. The Morgan fingerprint density at radius 2 is 1.88 bits per heavy atom. The normalized spacial score (nSPS) is 14.9. The number of aromatic nitrogens is 3. The molecule has 168 valence electrons. The Bertz CT molecular complexity index is 1120. The molecule has 1 saturated carbocycles. The molecule has 1 aliphatic rings. The summed E-state index contributed by atoms with van der Waals surface area (Å²) in [6.45, 7) is 6.01. The number of carbonyl (C=O) groups is 2. The minimum absolute atomic E-state index is 0.0194. The summed E-state index contributed by atoms with van der Waals surface area (Å²) in [5.41, 5.74) is 1.87. The Kier molecular flexibility index (Phi) is 6.20. The number of para-hydroxylation sites is 1. The van der Waals surface area contributed by atoms with E-state index in [1.54, 1.807) is 21.7 Å². The van der Waals surface area contributed by atoms with Gasteiger partial charge in [-0.05, 0) is 62.9 Å².